The lowest BCUT2D eigenvalue weighted by molar-refractivity contribution is -0.144. The Morgan fingerprint density at radius 2 is 1.66 bits per heavy atom. The lowest BCUT2D eigenvalue weighted by atomic mass is 9.85. The molecule has 1 aliphatic heterocycles. The van der Waals surface area contributed by atoms with Crippen LogP contribution in [0.15, 0.2) is 12.7 Å². The van der Waals surface area contributed by atoms with Gasteiger partial charge in [0.25, 0.3) is 5.91 Å². The van der Waals surface area contributed by atoms with Gasteiger partial charge in [-0.05, 0) is 57.3 Å². The van der Waals surface area contributed by atoms with Crippen molar-refractivity contribution in [3.63, 3.8) is 0 Å². The number of nitrogens with one attached hydrogen (secondary N) is 3. The number of hydrogen-bond donors (Lipinski definition) is 3. The minimum Gasteiger partial charge on any atom is -0.444 e. The molecule has 234 valence electrons. The van der Waals surface area contributed by atoms with Crippen molar-refractivity contribution in [3.05, 3.63) is 12.7 Å². The van der Waals surface area contributed by atoms with E-state index >= 15 is 0 Å². The number of rotatable bonds is 14. The Kier molecular flexibility index (Phi) is 14.0. The molecular weight excluding hydrogens is 524 g/mol. The third-order valence-electron chi connectivity index (χ3n) is 7.01. The molecule has 0 aromatic rings. The monoisotopic (exact) mass is 578 g/mol. The van der Waals surface area contributed by atoms with Crippen molar-refractivity contribution in [2.75, 3.05) is 13.1 Å². The molecule has 10 nitrogen and oxygen atoms in total. The maximum Gasteiger partial charge on any atom is 0.408 e. The fraction of sp³-hybridized carbons (Fsp3) is 0.774. The van der Waals surface area contributed by atoms with E-state index in [0.29, 0.717) is 31.7 Å². The van der Waals surface area contributed by atoms with Crippen LogP contribution < -0.4 is 16.0 Å². The second kappa shape index (κ2) is 15.9. The Morgan fingerprint density at radius 3 is 2.17 bits per heavy atom. The maximum absolute atomic E-state index is 14.0. The van der Waals surface area contributed by atoms with Gasteiger partial charge in [-0.25, -0.2) is 4.79 Å². The van der Waals surface area contributed by atoms with Gasteiger partial charge >= 0.3 is 6.09 Å². The highest BCUT2D eigenvalue weighted by molar-refractivity contribution is 6.38. The van der Waals surface area contributed by atoms with Gasteiger partial charge in [0, 0.05) is 13.1 Å². The third kappa shape index (κ3) is 12.2. The first kappa shape index (κ1) is 36.1. The predicted molar refractivity (Wildman–Crippen MR) is 160 cm³/mol. The van der Waals surface area contributed by atoms with Gasteiger partial charge in [0.1, 0.15) is 17.7 Å². The highest BCUT2D eigenvalue weighted by Crippen LogP contribution is 2.32. The van der Waals surface area contributed by atoms with E-state index in [1.54, 1.807) is 20.8 Å². The zero-order valence-corrected chi connectivity index (χ0v) is 26.7. The first-order valence-corrected chi connectivity index (χ1v) is 14.9. The number of ether oxygens (including phenoxy) is 1. The van der Waals surface area contributed by atoms with Crippen LogP contribution in [0.3, 0.4) is 0 Å². The molecule has 1 aliphatic rings. The van der Waals surface area contributed by atoms with Crippen LogP contribution in [0.5, 0.6) is 0 Å². The van der Waals surface area contributed by atoms with Gasteiger partial charge in [-0.2, -0.15) is 0 Å². The lowest BCUT2D eigenvalue weighted by Crippen LogP contribution is -2.59. The minimum absolute atomic E-state index is 0.0833. The van der Waals surface area contributed by atoms with Gasteiger partial charge in [-0.1, -0.05) is 66.9 Å². The molecule has 0 aliphatic carbocycles. The van der Waals surface area contributed by atoms with Crippen molar-refractivity contribution in [1.82, 2.24) is 20.9 Å². The Balaban J connectivity index is 3.29. The Bertz CT molecular complexity index is 934. The van der Waals surface area contributed by atoms with Crippen molar-refractivity contribution >= 4 is 29.6 Å². The number of Topliss-reactive ketones (excluding diaryl/α,β-unsaturated/α-hetero) is 1. The summed E-state index contributed by atoms with van der Waals surface area (Å²) in [5.41, 5.74) is -1.42. The van der Waals surface area contributed by atoms with E-state index in [0.717, 1.165) is 19.3 Å². The van der Waals surface area contributed by atoms with E-state index in [-0.39, 0.29) is 18.4 Å². The molecule has 0 saturated carbocycles. The van der Waals surface area contributed by atoms with Gasteiger partial charge in [-0.15, -0.1) is 6.58 Å². The van der Waals surface area contributed by atoms with Crippen LogP contribution in [0.1, 0.15) is 101 Å². The fourth-order valence-electron chi connectivity index (χ4n) is 4.79. The summed E-state index contributed by atoms with van der Waals surface area (Å²) >= 11 is 0. The molecule has 3 N–H and O–H groups in total. The zero-order valence-electron chi connectivity index (χ0n) is 26.7. The van der Waals surface area contributed by atoms with Crippen LogP contribution in [-0.2, 0) is 23.9 Å². The Hall–Kier alpha value is -2.91. The van der Waals surface area contributed by atoms with Gasteiger partial charge in [-0.3, -0.25) is 19.2 Å². The highest BCUT2D eigenvalue weighted by Gasteiger charge is 2.45. The molecule has 1 fully saturated rings. The largest absolute Gasteiger partial charge is 0.444 e. The van der Waals surface area contributed by atoms with Crippen LogP contribution in [0.4, 0.5) is 4.79 Å². The van der Waals surface area contributed by atoms with Crippen molar-refractivity contribution in [2.24, 2.45) is 17.3 Å². The molecule has 0 spiro atoms. The zero-order chi connectivity index (χ0) is 31.5. The van der Waals surface area contributed by atoms with E-state index in [9.17, 15) is 24.0 Å². The summed E-state index contributed by atoms with van der Waals surface area (Å²) < 4.78 is 5.42. The molecule has 4 atom stereocenters. The van der Waals surface area contributed by atoms with Crippen LogP contribution in [-0.4, -0.2) is 71.3 Å². The number of alkyl carbamates (subject to hydrolysis) is 1. The van der Waals surface area contributed by atoms with Gasteiger partial charge in [0.2, 0.25) is 17.6 Å². The number of amides is 4. The first-order chi connectivity index (χ1) is 18.9. The topological polar surface area (TPSA) is 134 Å². The summed E-state index contributed by atoms with van der Waals surface area (Å²) in [5, 5.41) is 8.01. The van der Waals surface area contributed by atoms with Gasteiger partial charge in [0.05, 0.1) is 6.04 Å². The second-order valence-electron chi connectivity index (χ2n) is 13.6. The molecule has 1 rings (SSSR count). The molecule has 0 aromatic carbocycles. The highest BCUT2D eigenvalue weighted by atomic mass is 16.6. The molecule has 0 aromatic heterocycles. The summed E-state index contributed by atoms with van der Waals surface area (Å²) in [7, 11) is 0. The predicted octanol–water partition coefficient (Wildman–Crippen LogP) is 4.13. The smallest absolute Gasteiger partial charge is 0.408 e. The summed E-state index contributed by atoms with van der Waals surface area (Å²) in [5.74, 6) is -1.81. The van der Waals surface area contributed by atoms with E-state index in [1.807, 2.05) is 27.7 Å². The Labute approximate surface area is 246 Å². The van der Waals surface area contributed by atoms with Crippen LogP contribution in [0.25, 0.3) is 0 Å². The summed E-state index contributed by atoms with van der Waals surface area (Å²) in [6.45, 7) is 21.0. The van der Waals surface area contributed by atoms with Crippen LogP contribution in [0.2, 0.25) is 0 Å². The van der Waals surface area contributed by atoms with Crippen LogP contribution >= 0.6 is 0 Å². The average Bonchev–Trinajstić information content (AvgIpc) is 3.29. The normalized spacial score (nSPS) is 18.8. The summed E-state index contributed by atoms with van der Waals surface area (Å²) in [6.07, 6.45) is 4.72. The molecule has 4 unspecified atom stereocenters. The van der Waals surface area contributed by atoms with Gasteiger partial charge in [0.15, 0.2) is 0 Å². The van der Waals surface area contributed by atoms with E-state index < -0.39 is 52.8 Å². The molecule has 41 heavy (non-hydrogen) atoms. The van der Waals surface area contributed by atoms with Crippen molar-refractivity contribution in [3.8, 4) is 0 Å². The first-order valence-electron chi connectivity index (χ1n) is 14.9. The van der Waals surface area contributed by atoms with Crippen molar-refractivity contribution in [1.29, 1.82) is 0 Å². The number of ketones is 1. The number of likely N-dealkylation sites (tertiary alicyclic amines) is 1. The fourth-order valence-corrected chi connectivity index (χ4v) is 4.79. The number of carbonyl (C=O) groups is 5. The van der Waals surface area contributed by atoms with Crippen LogP contribution in [0, 0.1) is 17.3 Å². The van der Waals surface area contributed by atoms with Crippen molar-refractivity contribution < 1.29 is 28.7 Å². The molecule has 1 heterocycles. The number of hydrogen-bond acceptors (Lipinski definition) is 6. The number of carbonyl (C=O) groups excluding carboxylic acids is 5. The standard InChI is InChI=1S/C31H54N4O6/c1-11-13-14-22(24(36)27(38)32-17-12-2)33-26(37)23-18-21(16-15-20(3)4)19-35(23)28(39)25(30(5,6)7)34-29(40)41-31(8,9)10/h12,20-23,25H,2,11,13-19H2,1,3-10H3,(H,32,38)(H,33,37)(H,34,40). The summed E-state index contributed by atoms with van der Waals surface area (Å²) in [6, 6.07) is -2.78. The second-order valence-corrected chi connectivity index (χ2v) is 13.6. The number of unbranched alkanes of at least 4 members (excludes halogenated alkanes) is 1. The third-order valence-corrected chi connectivity index (χ3v) is 7.01. The molecule has 1 saturated heterocycles. The van der Waals surface area contributed by atoms with E-state index in [4.69, 9.17) is 4.74 Å². The minimum atomic E-state index is -1.00. The molecular formula is C31H54N4O6. The quantitative estimate of drug-likeness (QED) is 0.210. The molecule has 10 heteroatoms. The number of nitrogens with zero attached hydrogens (tertiary/aromatic N) is 1. The van der Waals surface area contributed by atoms with E-state index in [2.05, 4.69) is 36.4 Å². The molecule has 0 radical (unpaired) electrons. The van der Waals surface area contributed by atoms with E-state index in [1.165, 1.54) is 11.0 Å². The Morgan fingerprint density at radius 1 is 1.02 bits per heavy atom. The summed E-state index contributed by atoms with van der Waals surface area (Å²) in [4.78, 5) is 67.3. The molecule has 4 amide bonds. The maximum atomic E-state index is 14.0. The lowest BCUT2D eigenvalue weighted by Gasteiger charge is -2.36. The van der Waals surface area contributed by atoms with Crippen molar-refractivity contribution in [2.45, 2.75) is 125 Å². The average molecular weight is 579 g/mol. The van der Waals surface area contributed by atoms with Gasteiger partial charge < -0.3 is 25.6 Å². The molecule has 0 bridgehead atoms. The SMILES string of the molecule is C=CCNC(=O)C(=O)C(CCCC)NC(=O)C1CC(CCC(C)C)CN1C(=O)C(NC(=O)OC(C)(C)C)C(C)(C)C.